The molecule has 2 rings (SSSR count). The molecule has 0 fully saturated rings. The fourth-order valence-electron chi connectivity index (χ4n) is 1.07. The summed E-state index contributed by atoms with van der Waals surface area (Å²) in [6, 6.07) is 6.23. The second-order valence-electron chi connectivity index (χ2n) is 2.54. The van der Waals surface area contributed by atoms with E-state index in [0.29, 0.717) is 0 Å². The average Bonchev–Trinajstić information content (AvgIpc) is 2.27. The fourth-order valence-corrected chi connectivity index (χ4v) is 1.63. The number of hydrogen-bond acceptors (Lipinski definition) is 1. The van der Waals surface area contributed by atoms with Gasteiger partial charge in [-0.05, 0) is 53.3 Å². The van der Waals surface area contributed by atoms with E-state index in [1.54, 1.807) is 0 Å². The van der Waals surface area contributed by atoms with Crippen LogP contribution in [-0.4, -0.2) is 9.61 Å². The summed E-state index contributed by atoms with van der Waals surface area (Å²) in [5, 5.41) is 4.26. The third-order valence-corrected chi connectivity index (χ3v) is 2.12. The number of rotatable bonds is 0. The van der Waals surface area contributed by atoms with Crippen molar-refractivity contribution in [3.63, 3.8) is 0 Å². The molecule has 0 bridgehead atoms. The molecule has 0 aliphatic heterocycles. The molecule has 0 atom stereocenters. The molecule has 0 saturated heterocycles. The van der Waals surface area contributed by atoms with Gasteiger partial charge < -0.3 is 0 Å². The molecule has 0 radical (unpaired) electrons. The van der Waals surface area contributed by atoms with E-state index >= 15 is 0 Å². The van der Waals surface area contributed by atoms with Gasteiger partial charge in [-0.1, -0.05) is 0 Å². The van der Waals surface area contributed by atoms with E-state index in [2.05, 4.69) is 52.8 Å². The van der Waals surface area contributed by atoms with Gasteiger partial charge >= 0.3 is 0 Å². The highest BCUT2D eigenvalue weighted by atomic mass is 127. The Labute approximate surface area is 78.4 Å². The summed E-state index contributed by atoms with van der Waals surface area (Å²) in [5.41, 5.74) is 2.43. The Balaban J connectivity index is 2.82. The largest absolute Gasteiger partial charge is 0.240 e. The van der Waals surface area contributed by atoms with Crippen LogP contribution in [0, 0.1) is 10.6 Å². The van der Waals surface area contributed by atoms with Gasteiger partial charge in [-0.15, -0.1) is 0 Å². The maximum absolute atomic E-state index is 4.26. The van der Waals surface area contributed by atoms with Crippen LogP contribution in [0.3, 0.4) is 0 Å². The van der Waals surface area contributed by atoms with Gasteiger partial charge in [0.1, 0.15) is 3.70 Å². The molecule has 0 spiro atoms. The molecular formula is C8H7IN2. The van der Waals surface area contributed by atoms with Gasteiger partial charge in [-0.3, -0.25) is 0 Å². The van der Waals surface area contributed by atoms with Crippen molar-refractivity contribution < 1.29 is 0 Å². The summed E-state index contributed by atoms with van der Waals surface area (Å²) in [6.45, 7) is 2.08. The van der Waals surface area contributed by atoms with Crippen LogP contribution in [0.5, 0.6) is 0 Å². The van der Waals surface area contributed by atoms with Crippen LogP contribution in [0.4, 0.5) is 0 Å². The molecule has 0 aliphatic carbocycles. The number of aryl methyl sites for hydroxylation is 1. The van der Waals surface area contributed by atoms with E-state index in [1.807, 2.05) is 10.7 Å². The lowest BCUT2D eigenvalue weighted by molar-refractivity contribution is 0.942. The van der Waals surface area contributed by atoms with Gasteiger partial charge in [-0.25, -0.2) is 4.52 Å². The molecule has 0 amide bonds. The topological polar surface area (TPSA) is 17.3 Å². The number of nitrogens with zero attached hydrogens (tertiary/aromatic N) is 2. The molecule has 56 valence electrons. The van der Waals surface area contributed by atoms with Gasteiger partial charge in [-0.2, -0.15) is 5.10 Å². The van der Waals surface area contributed by atoms with Crippen LogP contribution >= 0.6 is 22.6 Å². The summed E-state index contributed by atoms with van der Waals surface area (Å²) in [6.07, 6.45) is 1.98. The molecule has 3 heteroatoms. The van der Waals surface area contributed by atoms with Gasteiger partial charge in [0, 0.05) is 6.20 Å². The molecule has 2 heterocycles. The second-order valence-corrected chi connectivity index (χ2v) is 3.65. The highest BCUT2D eigenvalue weighted by molar-refractivity contribution is 14.1. The average molecular weight is 258 g/mol. The molecular weight excluding hydrogens is 251 g/mol. The second kappa shape index (κ2) is 2.48. The molecule has 2 nitrogen and oxygen atoms in total. The van der Waals surface area contributed by atoms with E-state index in [4.69, 9.17) is 0 Å². The number of halogens is 1. The van der Waals surface area contributed by atoms with Crippen LogP contribution in [0.2, 0.25) is 0 Å². The molecule has 2 aromatic heterocycles. The van der Waals surface area contributed by atoms with E-state index in [-0.39, 0.29) is 0 Å². The number of hydrogen-bond donors (Lipinski definition) is 0. The SMILES string of the molecule is Cc1ccn2nc(I)cc2c1. The standard InChI is InChI=1S/C8H7IN2/c1-6-2-3-11-7(4-6)5-8(9)10-11/h2-5H,1H3. The monoisotopic (exact) mass is 258 g/mol. The zero-order valence-electron chi connectivity index (χ0n) is 6.08. The molecule has 2 aromatic rings. The Bertz CT molecular complexity index is 392. The maximum Gasteiger partial charge on any atom is 0.124 e. The van der Waals surface area contributed by atoms with E-state index in [1.165, 1.54) is 5.56 Å². The van der Waals surface area contributed by atoms with Crippen molar-refractivity contribution in [3.8, 4) is 0 Å². The van der Waals surface area contributed by atoms with E-state index in [0.717, 1.165) is 9.22 Å². The molecule has 0 aromatic carbocycles. The third kappa shape index (κ3) is 1.24. The first-order chi connectivity index (χ1) is 5.25. The first-order valence-corrected chi connectivity index (χ1v) is 4.45. The minimum atomic E-state index is 1.04. The predicted octanol–water partition coefficient (Wildman–Crippen LogP) is 2.25. The van der Waals surface area contributed by atoms with Crippen molar-refractivity contribution in [2.24, 2.45) is 0 Å². The Hall–Kier alpha value is -0.580. The van der Waals surface area contributed by atoms with Gasteiger partial charge in [0.2, 0.25) is 0 Å². The molecule has 0 N–H and O–H groups in total. The fraction of sp³-hybridized carbons (Fsp3) is 0.125. The quantitative estimate of drug-likeness (QED) is 0.662. The normalized spacial score (nSPS) is 10.7. The lowest BCUT2D eigenvalue weighted by Crippen LogP contribution is -1.85. The Morgan fingerprint density at radius 1 is 1.45 bits per heavy atom. The zero-order valence-corrected chi connectivity index (χ0v) is 8.24. The van der Waals surface area contributed by atoms with Crippen LogP contribution < -0.4 is 0 Å². The zero-order chi connectivity index (χ0) is 7.84. The van der Waals surface area contributed by atoms with E-state index < -0.39 is 0 Å². The minimum absolute atomic E-state index is 1.04. The molecule has 11 heavy (non-hydrogen) atoms. The number of aromatic nitrogens is 2. The minimum Gasteiger partial charge on any atom is -0.240 e. The predicted molar refractivity (Wildman–Crippen MR) is 52.6 cm³/mol. The smallest absolute Gasteiger partial charge is 0.124 e. The van der Waals surface area contributed by atoms with Crippen LogP contribution in [0.1, 0.15) is 5.56 Å². The summed E-state index contributed by atoms with van der Waals surface area (Å²) in [5.74, 6) is 0. The van der Waals surface area contributed by atoms with Gasteiger partial charge in [0.15, 0.2) is 0 Å². The van der Waals surface area contributed by atoms with Crippen molar-refractivity contribution in [2.75, 3.05) is 0 Å². The van der Waals surface area contributed by atoms with Crippen molar-refractivity contribution in [1.82, 2.24) is 9.61 Å². The summed E-state index contributed by atoms with van der Waals surface area (Å²) in [4.78, 5) is 0. The molecule has 0 unspecified atom stereocenters. The Kier molecular flexibility index (Phi) is 1.60. The first kappa shape index (κ1) is 7.09. The molecule has 0 aliphatic rings. The van der Waals surface area contributed by atoms with Crippen molar-refractivity contribution in [1.29, 1.82) is 0 Å². The lowest BCUT2D eigenvalue weighted by atomic mass is 10.3. The summed E-state index contributed by atoms with van der Waals surface area (Å²) >= 11 is 2.21. The lowest BCUT2D eigenvalue weighted by Gasteiger charge is -1.92. The Morgan fingerprint density at radius 2 is 2.27 bits per heavy atom. The van der Waals surface area contributed by atoms with Crippen molar-refractivity contribution >= 4 is 28.1 Å². The Morgan fingerprint density at radius 3 is 3.09 bits per heavy atom. The number of pyridine rings is 1. The summed E-state index contributed by atoms with van der Waals surface area (Å²) in [7, 11) is 0. The van der Waals surface area contributed by atoms with Crippen LogP contribution in [0.25, 0.3) is 5.52 Å². The number of fused-ring (bicyclic) bond motifs is 1. The highest BCUT2D eigenvalue weighted by Gasteiger charge is 1.96. The van der Waals surface area contributed by atoms with Crippen LogP contribution in [0.15, 0.2) is 24.4 Å². The maximum atomic E-state index is 4.26. The summed E-state index contributed by atoms with van der Waals surface area (Å²) < 4.78 is 2.92. The van der Waals surface area contributed by atoms with Crippen LogP contribution in [-0.2, 0) is 0 Å². The van der Waals surface area contributed by atoms with Gasteiger partial charge in [0.05, 0.1) is 5.52 Å². The van der Waals surface area contributed by atoms with Crippen molar-refractivity contribution in [3.05, 3.63) is 33.7 Å². The third-order valence-electron chi connectivity index (χ3n) is 1.59. The van der Waals surface area contributed by atoms with Crippen molar-refractivity contribution in [2.45, 2.75) is 6.92 Å². The first-order valence-electron chi connectivity index (χ1n) is 3.37. The van der Waals surface area contributed by atoms with E-state index in [9.17, 15) is 0 Å². The highest BCUT2D eigenvalue weighted by Crippen LogP contribution is 2.09. The van der Waals surface area contributed by atoms with Gasteiger partial charge in [0.25, 0.3) is 0 Å². The molecule has 0 saturated carbocycles.